The number of aromatic nitrogens is 3. The molecule has 4 heterocycles. The fourth-order valence-corrected chi connectivity index (χ4v) is 5.26. The Morgan fingerprint density at radius 2 is 1.71 bits per heavy atom. The van der Waals surface area contributed by atoms with Crippen molar-refractivity contribution in [3.05, 3.63) is 58.1 Å². The molecule has 9 nitrogen and oxygen atoms in total. The third kappa shape index (κ3) is 6.50. The number of carbonyl (C=O) groups is 1. The van der Waals surface area contributed by atoms with Crippen molar-refractivity contribution in [3.63, 3.8) is 0 Å². The van der Waals surface area contributed by atoms with Gasteiger partial charge in [0, 0.05) is 68.5 Å². The van der Waals surface area contributed by atoms with Crippen LogP contribution in [0.3, 0.4) is 0 Å². The molecule has 0 aliphatic carbocycles. The molecule has 0 spiro atoms. The van der Waals surface area contributed by atoms with Crippen LogP contribution < -0.4 is 15.1 Å². The molecular formula is C27H28Cl2F3N7O2. The van der Waals surface area contributed by atoms with Crippen molar-refractivity contribution in [2.45, 2.75) is 19.1 Å². The van der Waals surface area contributed by atoms with Gasteiger partial charge in [0.05, 0.1) is 40.7 Å². The Morgan fingerprint density at radius 1 is 1.00 bits per heavy atom. The highest BCUT2D eigenvalue weighted by atomic mass is 35.5. The number of nitrogens with one attached hydrogen (secondary N) is 1. The van der Waals surface area contributed by atoms with Gasteiger partial charge in [-0.05, 0) is 32.2 Å². The van der Waals surface area contributed by atoms with E-state index < -0.39 is 23.2 Å². The van der Waals surface area contributed by atoms with E-state index in [1.54, 1.807) is 24.5 Å². The average Bonchev–Trinajstić information content (AvgIpc) is 2.95. The van der Waals surface area contributed by atoms with E-state index in [1.807, 2.05) is 11.9 Å². The molecule has 2 fully saturated rings. The third-order valence-corrected chi connectivity index (χ3v) is 7.82. The van der Waals surface area contributed by atoms with Crippen molar-refractivity contribution in [1.82, 2.24) is 19.9 Å². The first-order valence-electron chi connectivity index (χ1n) is 13.0. The zero-order chi connectivity index (χ0) is 29.3. The van der Waals surface area contributed by atoms with Crippen LogP contribution in [0.1, 0.15) is 22.8 Å². The van der Waals surface area contributed by atoms with Crippen molar-refractivity contribution in [2.24, 2.45) is 0 Å². The fraction of sp³-hybridized carbons (Fsp3) is 0.407. The van der Waals surface area contributed by atoms with Gasteiger partial charge < -0.3 is 24.8 Å². The summed E-state index contributed by atoms with van der Waals surface area (Å²) in [5, 5.41) is 2.70. The SMILES string of the molecule is C[C@H]1CN(c2cc(Cl)c(-c3cnc(N4CCOCC4)nc3)cc2NC(=O)c2cnc(Cl)cc2C(F)(F)F)CCN1C. The molecule has 1 amide bonds. The van der Waals surface area contributed by atoms with Gasteiger partial charge in [0.2, 0.25) is 5.95 Å². The van der Waals surface area contributed by atoms with Gasteiger partial charge in [-0.1, -0.05) is 23.2 Å². The van der Waals surface area contributed by atoms with Crippen LogP contribution in [0, 0.1) is 0 Å². The highest BCUT2D eigenvalue weighted by Crippen LogP contribution is 2.39. The van der Waals surface area contributed by atoms with Crippen LogP contribution in [0.15, 0.2) is 36.8 Å². The number of amides is 1. The number of hydrogen-bond acceptors (Lipinski definition) is 8. The molecule has 0 radical (unpaired) electrons. The number of morpholine rings is 1. The lowest BCUT2D eigenvalue weighted by atomic mass is 10.0. The second-order valence-corrected chi connectivity index (χ2v) is 10.8. The normalized spacial score (nSPS) is 18.5. The van der Waals surface area contributed by atoms with E-state index in [4.69, 9.17) is 27.9 Å². The molecule has 1 aromatic carbocycles. The van der Waals surface area contributed by atoms with Crippen LogP contribution >= 0.6 is 23.2 Å². The number of piperazine rings is 1. The highest BCUT2D eigenvalue weighted by molar-refractivity contribution is 6.34. The zero-order valence-electron chi connectivity index (χ0n) is 22.4. The van der Waals surface area contributed by atoms with Gasteiger partial charge in [-0.25, -0.2) is 15.0 Å². The third-order valence-electron chi connectivity index (χ3n) is 7.30. The maximum Gasteiger partial charge on any atom is 0.417 e. The van der Waals surface area contributed by atoms with Crippen LogP contribution in [0.5, 0.6) is 0 Å². The zero-order valence-corrected chi connectivity index (χ0v) is 23.9. The van der Waals surface area contributed by atoms with Gasteiger partial charge in [-0.15, -0.1) is 0 Å². The van der Waals surface area contributed by atoms with E-state index in [1.165, 1.54) is 0 Å². The van der Waals surface area contributed by atoms with Gasteiger partial charge in [0.25, 0.3) is 5.91 Å². The molecular weight excluding hydrogens is 582 g/mol. The summed E-state index contributed by atoms with van der Waals surface area (Å²) in [6, 6.07) is 4.19. The fourth-order valence-electron chi connectivity index (χ4n) is 4.83. The lowest BCUT2D eigenvalue weighted by molar-refractivity contribution is -0.137. The van der Waals surface area contributed by atoms with Crippen LogP contribution in [0.25, 0.3) is 11.1 Å². The molecule has 2 aromatic heterocycles. The van der Waals surface area contributed by atoms with Gasteiger partial charge in [-0.2, -0.15) is 13.2 Å². The molecule has 2 aliphatic rings. The predicted molar refractivity (Wildman–Crippen MR) is 152 cm³/mol. The van der Waals surface area contributed by atoms with Crippen molar-refractivity contribution in [3.8, 4) is 11.1 Å². The van der Waals surface area contributed by atoms with Crippen molar-refractivity contribution in [1.29, 1.82) is 0 Å². The van der Waals surface area contributed by atoms with E-state index in [2.05, 4.69) is 37.0 Å². The first kappa shape index (κ1) is 29.3. The monoisotopic (exact) mass is 609 g/mol. The standard InChI is InChI=1S/C27H28Cl2F3N7O2/c1-16-15-39(4-3-37(16)2)23-11-21(28)18(17-12-34-26(35-13-17)38-5-7-41-8-6-38)9-22(23)36-25(40)19-14-33-24(29)10-20(19)27(30,31)32/h9-14,16H,3-8,15H2,1-2H3,(H,36,40)/t16-/m0/s1. The number of hydrogen-bond donors (Lipinski definition) is 1. The Balaban J connectivity index is 1.52. The molecule has 2 aliphatic heterocycles. The number of nitrogens with zero attached hydrogens (tertiary/aromatic N) is 6. The second-order valence-electron chi connectivity index (χ2n) is 10.0. The predicted octanol–water partition coefficient (Wildman–Crippen LogP) is 5.09. The van der Waals surface area contributed by atoms with Gasteiger partial charge in [0.1, 0.15) is 5.15 Å². The summed E-state index contributed by atoms with van der Waals surface area (Å²) in [6.45, 7) is 6.61. The molecule has 2 saturated heterocycles. The maximum atomic E-state index is 13.8. The van der Waals surface area contributed by atoms with Crippen molar-refractivity contribution in [2.75, 3.05) is 68.1 Å². The summed E-state index contributed by atoms with van der Waals surface area (Å²) in [7, 11) is 2.02. The number of anilines is 3. The first-order chi connectivity index (χ1) is 19.5. The van der Waals surface area contributed by atoms with E-state index >= 15 is 0 Å². The lowest BCUT2D eigenvalue weighted by Crippen LogP contribution is -2.50. The molecule has 3 aromatic rings. The number of alkyl halides is 3. The minimum atomic E-state index is -4.81. The summed E-state index contributed by atoms with van der Waals surface area (Å²) >= 11 is 12.5. The van der Waals surface area contributed by atoms with E-state index in [0.29, 0.717) is 78.9 Å². The van der Waals surface area contributed by atoms with Gasteiger partial charge in [0.15, 0.2) is 0 Å². The van der Waals surface area contributed by atoms with Gasteiger partial charge >= 0.3 is 6.18 Å². The molecule has 41 heavy (non-hydrogen) atoms. The van der Waals surface area contributed by atoms with Crippen LogP contribution in [-0.4, -0.2) is 84.8 Å². The topological polar surface area (TPSA) is 86.7 Å². The Kier molecular flexibility index (Phi) is 8.55. The Hall–Kier alpha value is -3.19. The molecule has 218 valence electrons. The first-order valence-corrected chi connectivity index (χ1v) is 13.7. The Labute approximate surface area is 245 Å². The molecule has 5 rings (SSSR count). The molecule has 1 atom stereocenters. The van der Waals surface area contributed by atoms with Crippen LogP contribution in [0.2, 0.25) is 10.2 Å². The number of benzene rings is 1. The maximum absolute atomic E-state index is 13.8. The molecule has 0 bridgehead atoms. The molecule has 1 N–H and O–H groups in total. The van der Waals surface area contributed by atoms with Crippen LogP contribution in [0.4, 0.5) is 30.5 Å². The molecule has 0 unspecified atom stereocenters. The summed E-state index contributed by atoms with van der Waals surface area (Å²) in [5.41, 5.74) is 0.178. The summed E-state index contributed by atoms with van der Waals surface area (Å²) < 4.78 is 46.7. The van der Waals surface area contributed by atoms with Gasteiger partial charge in [-0.3, -0.25) is 4.79 Å². The lowest BCUT2D eigenvalue weighted by Gasteiger charge is -2.40. The van der Waals surface area contributed by atoms with E-state index in [9.17, 15) is 18.0 Å². The second kappa shape index (κ2) is 12.0. The number of halogens is 5. The van der Waals surface area contributed by atoms with Crippen molar-refractivity contribution >= 4 is 46.4 Å². The minimum Gasteiger partial charge on any atom is -0.378 e. The number of carbonyl (C=O) groups excluding carboxylic acids is 1. The number of likely N-dealkylation sites (N-methyl/N-ethyl adjacent to an activating group) is 1. The van der Waals surface area contributed by atoms with E-state index in [0.717, 1.165) is 12.7 Å². The summed E-state index contributed by atoms with van der Waals surface area (Å²) in [4.78, 5) is 32.3. The van der Waals surface area contributed by atoms with E-state index in [-0.39, 0.29) is 11.2 Å². The Bertz CT molecular complexity index is 1420. The average molecular weight is 610 g/mol. The summed E-state index contributed by atoms with van der Waals surface area (Å²) in [5.74, 6) is -0.420. The summed E-state index contributed by atoms with van der Waals surface area (Å²) in [6.07, 6.45) is -0.715. The Morgan fingerprint density at radius 3 is 2.37 bits per heavy atom. The number of pyridine rings is 1. The highest BCUT2D eigenvalue weighted by Gasteiger charge is 2.36. The van der Waals surface area contributed by atoms with Crippen molar-refractivity contribution < 1.29 is 22.7 Å². The molecule has 0 saturated carbocycles. The number of ether oxygens (including phenoxy) is 1. The smallest absolute Gasteiger partial charge is 0.378 e. The number of rotatable bonds is 5. The largest absolute Gasteiger partial charge is 0.417 e. The minimum absolute atomic E-state index is 0.198. The van der Waals surface area contributed by atoms with Crippen LogP contribution in [-0.2, 0) is 10.9 Å². The quantitative estimate of drug-likeness (QED) is 0.400. The molecule has 14 heteroatoms.